The maximum atomic E-state index is 5.83. The van der Waals surface area contributed by atoms with Gasteiger partial charge in [0.05, 0.1) is 6.20 Å². The normalized spacial score (nSPS) is 38.4. The molecule has 1 aliphatic carbocycles. The molecule has 2 fully saturated rings. The van der Waals surface area contributed by atoms with Gasteiger partial charge in [0.1, 0.15) is 5.82 Å². The van der Waals surface area contributed by atoms with Gasteiger partial charge < -0.3 is 10.6 Å². The molecule has 1 saturated carbocycles. The van der Waals surface area contributed by atoms with E-state index in [0.29, 0.717) is 6.04 Å². The molecule has 3 rings (SSSR count). The summed E-state index contributed by atoms with van der Waals surface area (Å²) < 4.78 is 0. The molecule has 2 unspecified atom stereocenters. The van der Waals surface area contributed by atoms with Gasteiger partial charge in [-0.15, -0.1) is 0 Å². The number of aromatic nitrogens is 2. The first-order chi connectivity index (χ1) is 5.86. The summed E-state index contributed by atoms with van der Waals surface area (Å²) in [5.41, 5.74) is 5.83. The second-order valence-corrected chi connectivity index (χ2v) is 3.75. The first-order valence-electron chi connectivity index (χ1n) is 4.36. The molecule has 0 amide bonds. The molecule has 1 aromatic heterocycles. The fourth-order valence-electron chi connectivity index (χ4n) is 2.19. The topological polar surface area (TPSA) is 57.9 Å². The zero-order valence-corrected chi connectivity index (χ0v) is 6.77. The molecule has 0 radical (unpaired) electrons. The fourth-order valence-corrected chi connectivity index (χ4v) is 2.19. The monoisotopic (exact) mass is 164 g/mol. The number of nitrogens with one attached hydrogen (secondary N) is 1. The van der Waals surface area contributed by atoms with E-state index >= 15 is 0 Å². The third-order valence-electron chi connectivity index (χ3n) is 3.09. The van der Waals surface area contributed by atoms with Gasteiger partial charge in [-0.2, -0.15) is 5.10 Å². The molecule has 1 aliphatic heterocycles. The Morgan fingerprint density at radius 3 is 2.83 bits per heavy atom. The Hall–Kier alpha value is -1.03. The minimum absolute atomic E-state index is 0.476. The lowest BCUT2D eigenvalue weighted by atomic mass is 10.4. The summed E-state index contributed by atoms with van der Waals surface area (Å²) in [6, 6.07) is 2.49. The number of nitrogens with zero attached hydrogens (tertiary/aromatic N) is 2. The highest BCUT2D eigenvalue weighted by atomic mass is 15.3. The predicted octanol–water partition coefficient (Wildman–Crippen LogP) is -0.197. The van der Waals surface area contributed by atoms with Crippen molar-refractivity contribution < 1.29 is 0 Å². The molecular weight excluding hydrogens is 152 g/mol. The molecule has 2 heterocycles. The van der Waals surface area contributed by atoms with Crippen LogP contribution in [0.25, 0.3) is 0 Å². The molecule has 1 aromatic rings. The van der Waals surface area contributed by atoms with Crippen LogP contribution in [-0.2, 0) is 0 Å². The molecule has 64 valence electrons. The van der Waals surface area contributed by atoms with Crippen molar-refractivity contribution in [3.8, 4) is 0 Å². The molecule has 3 N–H and O–H groups in total. The van der Waals surface area contributed by atoms with Crippen molar-refractivity contribution in [1.82, 2.24) is 10.2 Å². The number of nitrogens with two attached hydrogens (primary N) is 1. The number of anilines is 1. The molecule has 4 heteroatoms. The molecule has 2 aliphatic rings. The van der Waals surface area contributed by atoms with E-state index < -0.39 is 0 Å². The van der Waals surface area contributed by atoms with Crippen molar-refractivity contribution >= 4 is 5.82 Å². The van der Waals surface area contributed by atoms with Crippen molar-refractivity contribution in [2.24, 2.45) is 17.6 Å². The Morgan fingerprint density at radius 2 is 2.25 bits per heavy atom. The van der Waals surface area contributed by atoms with Gasteiger partial charge in [0, 0.05) is 25.2 Å². The average Bonchev–Trinajstić information content (AvgIpc) is 2.66. The van der Waals surface area contributed by atoms with Gasteiger partial charge in [0.2, 0.25) is 0 Å². The van der Waals surface area contributed by atoms with Gasteiger partial charge >= 0.3 is 0 Å². The number of hydrogen-bond acceptors (Lipinski definition) is 3. The maximum absolute atomic E-state index is 5.83. The lowest BCUT2D eigenvalue weighted by Gasteiger charge is -2.18. The summed E-state index contributed by atoms with van der Waals surface area (Å²) in [6.45, 7) is 2.21. The van der Waals surface area contributed by atoms with E-state index in [1.54, 1.807) is 6.20 Å². The zero-order valence-electron chi connectivity index (χ0n) is 6.77. The quantitative estimate of drug-likeness (QED) is 0.604. The predicted molar refractivity (Wildman–Crippen MR) is 45.8 cm³/mol. The third kappa shape index (κ3) is 0.728. The van der Waals surface area contributed by atoms with Crippen LogP contribution in [0.1, 0.15) is 0 Å². The molecule has 12 heavy (non-hydrogen) atoms. The Bertz CT molecular complexity index is 269. The standard InChI is InChI=1S/C8H12N4/c9-8-5-3-12(4-6(5)8)7-1-2-10-11-7/h1-2,5-6,8H,3-4,9H2,(H,10,11). The Labute approximate surface area is 70.7 Å². The van der Waals surface area contributed by atoms with Crippen molar-refractivity contribution in [2.45, 2.75) is 6.04 Å². The molecule has 0 spiro atoms. The van der Waals surface area contributed by atoms with Crippen molar-refractivity contribution in [3.63, 3.8) is 0 Å². The summed E-state index contributed by atoms with van der Waals surface area (Å²) in [5.74, 6) is 2.62. The first kappa shape index (κ1) is 6.48. The number of aromatic amines is 1. The van der Waals surface area contributed by atoms with Crippen molar-refractivity contribution in [1.29, 1.82) is 0 Å². The zero-order chi connectivity index (χ0) is 8.13. The highest BCUT2D eigenvalue weighted by Gasteiger charge is 2.53. The number of rotatable bonds is 1. The van der Waals surface area contributed by atoms with Gasteiger partial charge in [0.25, 0.3) is 0 Å². The van der Waals surface area contributed by atoms with Gasteiger partial charge in [-0.25, -0.2) is 0 Å². The van der Waals surface area contributed by atoms with E-state index in [-0.39, 0.29) is 0 Å². The van der Waals surface area contributed by atoms with E-state index in [9.17, 15) is 0 Å². The van der Waals surface area contributed by atoms with Crippen LogP contribution in [0.4, 0.5) is 5.82 Å². The highest BCUT2D eigenvalue weighted by Crippen LogP contribution is 2.44. The second kappa shape index (κ2) is 2.01. The molecule has 2 atom stereocenters. The number of piperidine rings is 1. The summed E-state index contributed by atoms with van der Waals surface area (Å²) in [7, 11) is 0. The summed E-state index contributed by atoms with van der Waals surface area (Å²) in [6.07, 6.45) is 1.79. The summed E-state index contributed by atoms with van der Waals surface area (Å²) in [4.78, 5) is 2.33. The van der Waals surface area contributed by atoms with E-state index in [2.05, 4.69) is 15.1 Å². The number of fused-ring (bicyclic) bond motifs is 1. The van der Waals surface area contributed by atoms with Crippen LogP contribution < -0.4 is 10.6 Å². The second-order valence-electron chi connectivity index (χ2n) is 3.75. The smallest absolute Gasteiger partial charge is 0.123 e. The van der Waals surface area contributed by atoms with E-state index in [1.807, 2.05) is 6.07 Å². The Morgan fingerprint density at radius 1 is 1.50 bits per heavy atom. The van der Waals surface area contributed by atoms with Crippen molar-refractivity contribution in [2.75, 3.05) is 18.0 Å². The minimum Gasteiger partial charge on any atom is -0.356 e. The lowest BCUT2D eigenvalue weighted by Crippen LogP contribution is -2.28. The van der Waals surface area contributed by atoms with Crippen LogP contribution in [-0.4, -0.2) is 29.3 Å². The van der Waals surface area contributed by atoms with Crippen LogP contribution in [0.2, 0.25) is 0 Å². The van der Waals surface area contributed by atoms with E-state index in [4.69, 9.17) is 5.73 Å². The Kier molecular flexibility index (Phi) is 1.09. The van der Waals surface area contributed by atoms with Gasteiger partial charge in [-0.1, -0.05) is 0 Å². The van der Waals surface area contributed by atoms with Crippen LogP contribution >= 0.6 is 0 Å². The number of H-pyrrole nitrogens is 1. The van der Waals surface area contributed by atoms with Gasteiger partial charge in [0.15, 0.2) is 0 Å². The average molecular weight is 164 g/mol. The van der Waals surface area contributed by atoms with Gasteiger partial charge in [-0.3, -0.25) is 5.10 Å². The number of hydrogen-bond donors (Lipinski definition) is 2. The van der Waals surface area contributed by atoms with E-state index in [1.165, 1.54) is 0 Å². The summed E-state index contributed by atoms with van der Waals surface area (Å²) in [5, 5.41) is 6.90. The van der Waals surface area contributed by atoms with Crippen LogP contribution in [0.5, 0.6) is 0 Å². The molecule has 0 bridgehead atoms. The molecular formula is C8H12N4. The molecule has 4 nitrogen and oxygen atoms in total. The first-order valence-corrected chi connectivity index (χ1v) is 4.36. The third-order valence-corrected chi connectivity index (χ3v) is 3.09. The maximum Gasteiger partial charge on any atom is 0.123 e. The molecule has 1 saturated heterocycles. The highest BCUT2D eigenvalue weighted by molar-refractivity contribution is 5.41. The molecule has 0 aromatic carbocycles. The largest absolute Gasteiger partial charge is 0.356 e. The van der Waals surface area contributed by atoms with Crippen LogP contribution in [0.15, 0.2) is 12.3 Å². The summed E-state index contributed by atoms with van der Waals surface area (Å²) >= 11 is 0. The fraction of sp³-hybridized carbons (Fsp3) is 0.625. The minimum atomic E-state index is 0.476. The SMILES string of the molecule is NC1C2CN(c3ccn[nH]3)CC12. The van der Waals surface area contributed by atoms with Crippen molar-refractivity contribution in [3.05, 3.63) is 12.3 Å². The van der Waals surface area contributed by atoms with Gasteiger partial charge in [-0.05, 0) is 11.8 Å². The van der Waals surface area contributed by atoms with Crippen LogP contribution in [0, 0.1) is 11.8 Å². The lowest BCUT2D eigenvalue weighted by molar-refractivity contribution is 0.734. The Balaban J connectivity index is 1.76. The van der Waals surface area contributed by atoms with E-state index in [0.717, 1.165) is 30.7 Å². The van der Waals surface area contributed by atoms with Crippen LogP contribution in [0.3, 0.4) is 0 Å².